The van der Waals surface area contributed by atoms with Gasteiger partial charge in [-0.1, -0.05) is 0 Å². The van der Waals surface area contributed by atoms with Crippen LogP contribution in [0.4, 0.5) is 18.9 Å². The number of ether oxygens (including phenoxy) is 1. The Morgan fingerprint density at radius 2 is 1.95 bits per heavy atom. The minimum atomic E-state index is -1.23. The second-order valence-electron chi connectivity index (χ2n) is 4.00. The monoisotopic (exact) mass is 270 g/mol. The van der Waals surface area contributed by atoms with Gasteiger partial charge in [-0.3, -0.25) is 0 Å². The lowest BCUT2D eigenvalue weighted by Gasteiger charge is -2.12. The number of rotatable bonds is 4. The number of nitrogens with zero attached hydrogens (tertiary/aromatic N) is 1. The predicted molar refractivity (Wildman–Crippen MR) is 66.5 cm³/mol. The lowest BCUT2D eigenvalue weighted by atomic mass is 10.1. The molecule has 19 heavy (non-hydrogen) atoms. The van der Waals surface area contributed by atoms with Crippen molar-refractivity contribution >= 4 is 16.6 Å². The van der Waals surface area contributed by atoms with Crippen molar-refractivity contribution in [1.29, 1.82) is 0 Å². The topological polar surface area (TPSA) is 34.1 Å². The molecule has 0 aliphatic heterocycles. The molecule has 0 bridgehead atoms. The maximum atomic E-state index is 13.8. The van der Waals surface area contributed by atoms with Crippen LogP contribution in [0.5, 0.6) is 0 Å². The van der Waals surface area contributed by atoms with Gasteiger partial charge >= 0.3 is 0 Å². The van der Waals surface area contributed by atoms with Crippen LogP contribution in [0.25, 0.3) is 10.9 Å². The van der Waals surface area contributed by atoms with Gasteiger partial charge in [-0.2, -0.15) is 0 Å². The lowest BCUT2D eigenvalue weighted by molar-refractivity contribution is 0.182. The van der Waals surface area contributed by atoms with Crippen molar-refractivity contribution in [2.24, 2.45) is 0 Å². The molecular weight excluding hydrogens is 257 g/mol. The largest absolute Gasteiger partial charge is 0.385 e. The molecule has 1 heterocycles. The maximum Gasteiger partial charge on any atom is 0.170 e. The number of halogens is 3. The number of pyridine rings is 1. The zero-order valence-electron chi connectivity index (χ0n) is 10.6. The van der Waals surface area contributed by atoms with E-state index < -0.39 is 17.5 Å². The van der Waals surface area contributed by atoms with Crippen LogP contribution < -0.4 is 5.32 Å². The second kappa shape index (κ2) is 5.44. The number of fused-ring (bicyclic) bond motifs is 1. The van der Waals surface area contributed by atoms with E-state index in [1.54, 1.807) is 6.92 Å². The van der Waals surface area contributed by atoms with E-state index in [1.165, 1.54) is 13.2 Å². The Morgan fingerprint density at radius 3 is 2.58 bits per heavy atom. The van der Waals surface area contributed by atoms with Crippen LogP contribution in [0, 0.1) is 17.5 Å². The van der Waals surface area contributed by atoms with Gasteiger partial charge in [0, 0.05) is 25.4 Å². The van der Waals surface area contributed by atoms with E-state index in [9.17, 15) is 13.2 Å². The van der Waals surface area contributed by atoms with Gasteiger partial charge in [0.25, 0.3) is 0 Å². The highest BCUT2D eigenvalue weighted by Crippen LogP contribution is 2.29. The third-order valence-electron chi connectivity index (χ3n) is 2.64. The highest BCUT2D eigenvalue weighted by atomic mass is 19.2. The highest BCUT2D eigenvalue weighted by molar-refractivity contribution is 5.92. The van der Waals surface area contributed by atoms with Crippen molar-refractivity contribution in [1.82, 2.24) is 4.98 Å². The molecule has 2 aromatic rings. The minimum absolute atomic E-state index is 0.159. The summed E-state index contributed by atoms with van der Waals surface area (Å²) >= 11 is 0. The van der Waals surface area contributed by atoms with Gasteiger partial charge in [0.05, 0.1) is 17.7 Å². The number of benzene rings is 1. The summed E-state index contributed by atoms with van der Waals surface area (Å²) in [4.78, 5) is 3.96. The molecule has 0 fully saturated rings. The number of methoxy groups -OCH3 is 1. The van der Waals surface area contributed by atoms with Crippen molar-refractivity contribution in [3.8, 4) is 0 Å². The summed E-state index contributed by atoms with van der Waals surface area (Å²) in [5, 5.41) is 2.69. The van der Waals surface area contributed by atoms with Crippen molar-refractivity contribution in [2.75, 3.05) is 19.0 Å². The van der Waals surface area contributed by atoms with Crippen molar-refractivity contribution in [3.63, 3.8) is 0 Å². The molecule has 0 unspecified atom stereocenters. The highest BCUT2D eigenvalue weighted by Gasteiger charge is 2.18. The number of nitrogens with one attached hydrogen (secondary N) is 1. The molecule has 0 radical (unpaired) electrons. The molecule has 2 rings (SSSR count). The minimum Gasteiger partial charge on any atom is -0.385 e. The Morgan fingerprint density at radius 1 is 1.21 bits per heavy atom. The first-order chi connectivity index (χ1) is 9.08. The van der Waals surface area contributed by atoms with Gasteiger partial charge in [0.2, 0.25) is 0 Å². The number of aromatic nitrogens is 1. The number of hydrogen-bond acceptors (Lipinski definition) is 3. The van der Waals surface area contributed by atoms with E-state index in [0.29, 0.717) is 24.0 Å². The lowest BCUT2D eigenvalue weighted by Crippen LogP contribution is -2.05. The molecule has 0 aliphatic carbocycles. The van der Waals surface area contributed by atoms with Crippen LogP contribution in [-0.4, -0.2) is 18.6 Å². The Labute approximate surface area is 108 Å². The van der Waals surface area contributed by atoms with E-state index in [-0.39, 0.29) is 17.5 Å². The fourth-order valence-electron chi connectivity index (χ4n) is 1.91. The second-order valence-corrected chi connectivity index (χ2v) is 4.00. The fourth-order valence-corrected chi connectivity index (χ4v) is 1.91. The van der Waals surface area contributed by atoms with Gasteiger partial charge in [-0.15, -0.1) is 0 Å². The Hall–Kier alpha value is -1.82. The number of anilines is 1. The molecule has 0 spiro atoms. The van der Waals surface area contributed by atoms with Crippen molar-refractivity contribution in [3.05, 3.63) is 35.3 Å². The molecule has 1 aromatic heterocycles. The van der Waals surface area contributed by atoms with Crippen LogP contribution >= 0.6 is 0 Å². The zero-order chi connectivity index (χ0) is 14.0. The van der Waals surface area contributed by atoms with Gasteiger partial charge in [-0.05, 0) is 13.0 Å². The van der Waals surface area contributed by atoms with Crippen LogP contribution in [0.3, 0.4) is 0 Å². The first-order valence-corrected chi connectivity index (χ1v) is 5.78. The third kappa shape index (κ3) is 2.49. The van der Waals surface area contributed by atoms with Crippen LogP contribution in [0.2, 0.25) is 0 Å². The molecule has 1 N–H and O–H groups in total. The molecule has 3 nitrogen and oxygen atoms in total. The number of hydrogen-bond donors (Lipinski definition) is 1. The van der Waals surface area contributed by atoms with Crippen LogP contribution in [0.15, 0.2) is 12.1 Å². The molecular formula is C13H13F3N2O. The van der Waals surface area contributed by atoms with E-state index in [2.05, 4.69) is 10.3 Å². The molecule has 0 saturated heterocycles. The first-order valence-electron chi connectivity index (χ1n) is 5.78. The molecule has 0 atom stereocenters. The summed E-state index contributed by atoms with van der Waals surface area (Å²) in [7, 11) is 1.47. The van der Waals surface area contributed by atoms with Crippen LogP contribution in [0.1, 0.15) is 12.6 Å². The molecule has 6 heteroatoms. The van der Waals surface area contributed by atoms with E-state index in [4.69, 9.17) is 4.74 Å². The standard InChI is InChI=1S/C13H13F3N2O/c1-3-17-10-4-7(6-19-2)18-13-9(15)5-8(14)12(16)11(10)13/h4-5H,3,6H2,1-2H3,(H,17,18). The average Bonchev–Trinajstić information content (AvgIpc) is 2.36. The molecule has 0 saturated carbocycles. The van der Waals surface area contributed by atoms with Crippen molar-refractivity contribution < 1.29 is 17.9 Å². The van der Waals surface area contributed by atoms with Gasteiger partial charge in [0.1, 0.15) is 5.52 Å². The third-order valence-corrected chi connectivity index (χ3v) is 2.64. The van der Waals surface area contributed by atoms with Gasteiger partial charge < -0.3 is 10.1 Å². The summed E-state index contributed by atoms with van der Waals surface area (Å²) < 4.78 is 45.8. The molecule has 0 aliphatic rings. The summed E-state index contributed by atoms with van der Waals surface area (Å²) in [6.45, 7) is 2.45. The van der Waals surface area contributed by atoms with Crippen molar-refractivity contribution in [2.45, 2.75) is 13.5 Å². The van der Waals surface area contributed by atoms with E-state index >= 15 is 0 Å². The zero-order valence-corrected chi connectivity index (χ0v) is 10.6. The molecule has 102 valence electrons. The molecule has 0 amide bonds. The summed E-state index contributed by atoms with van der Waals surface area (Å²) in [5.41, 5.74) is 0.538. The molecule has 1 aromatic carbocycles. The normalized spacial score (nSPS) is 11.0. The SMILES string of the molecule is CCNc1cc(COC)nc2c(F)cc(F)c(F)c12. The van der Waals surface area contributed by atoms with Gasteiger partial charge in [-0.25, -0.2) is 18.2 Å². The smallest absolute Gasteiger partial charge is 0.170 e. The average molecular weight is 270 g/mol. The fraction of sp³-hybridized carbons (Fsp3) is 0.308. The first kappa shape index (κ1) is 13.6. The van der Waals surface area contributed by atoms with E-state index in [0.717, 1.165) is 0 Å². The Balaban J connectivity index is 2.78. The Kier molecular flexibility index (Phi) is 3.90. The maximum absolute atomic E-state index is 13.8. The van der Waals surface area contributed by atoms with E-state index in [1.807, 2.05) is 0 Å². The summed E-state index contributed by atoms with van der Waals surface area (Å²) in [6.07, 6.45) is 0. The summed E-state index contributed by atoms with van der Waals surface area (Å²) in [6, 6.07) is 2.02. The quantitative estimate of drug-likeness (QED) is 0.866. The Bertz CT molecular complexity index is 617. The predicted octanol–water partition coefficient (Wildman–Crippen LogP) is 3.23. The summed E-state index contributed by atoms with van der Waals surface area (Å²) in [5.74, 6) is -3.24. The van der Waals surface area contributed by atoms with Crippen LogP contribution in [-0.2, 0) is 11.3 Å². The van der Waals surface area contributed by atoms with Gasteiger partial charge in [0.15, 0.2) is 17.5 Å².